The van der Waals surface area contributed by atoms with Gasteiger partial charge in [0.1, 0.15) is 12.4 Å². The van der Waals surface area contributed by atoms with Gasteiger partial charge in [0.25, 0.3) is 0 Å². The van der Waals surface area contributed by atoms with Crippen molar-refractivity contribution in [2.75, 3.05) is 11.9 Å². The molecule has 10 nitrogen and oxygen atoms in total. The van der Waals surface area contributed by atoms with Gasteiger partial charge < -0.3 is 30.7 Å². The molecule has 2 aromatic rings. The summed E-state index contributed by atoms with van der Waals surface area (Å²) in [5.74, 6) is -1.32. The molecule has 0 aromatic heterocycles. The van der Waals surface area contributed by atoms with Crippen molar-refractivity contribution >= 4 is 28.9 Å². The van der Waals surface area contributed by atoms with Crippen LogP contribution in [0.1, 0.15) is 82.8 Å². The normalized spacial score (nSPS) is 35.8. The van der Waals surface area contributed by atoms with E-state index in [2.05, 4.69) is 12.2 Å². The second-order valence-electron chi connectivity index (χ2n) is 16.3. The van der Waals surface area contributed by atoms with Gasteiger partial charge in [0.05, 0.1) is 18.2 Å². The summed E-state index contributed by atoms with van der Waals surface area (Å²) in [5, 5.41) is 25.1. The number of nitrogens with two attached hydrogens (primary N) is 1. The molecule has 0 spiro atoms. The van der Waals surface area contributed by atoms with Crippen LogP contribution < -0.4 is 11.1 Å². The summed E-state index contributed by atoms with van der Waals surface area (Å²) in [6.07, 6.45) is 6.33. The molecular weight excluding hydrogens is 660 g/mol. The predicted molar refractivity (Wildman–Crippen MR) is 194 cm³/mol. The first-order chi connectivity index (χ1) is 24.7. The minimum Gasteiger partial charge on any atom is -0.393 e. The lowest BCUT2D eigenvalue weighted by Gasteiger charge is -2.59. The van der Waals surface area contributed by atoms with Gasteiger partial charge in [-0.3, -0.25) is 19.2 Å². The number of Topliss-reactive ketones (excluding diaryl/α,β-unsaturated/α-hetero) is 2. The zero-order valence-corrected chi connectivity index (χ0v) is 30.3. The minimum atomic E-state index is -1.41. The van der Waals surface area contributed by atoms with Gasteiger partial charge in [-0.15, -0.1) is 0 Å². The first kappa shape index (κ1) is 36.6. The molecule has 3 saturated carbocycles. The van der Waals surface area contributed by atoms with Crippen LogP contribution in [0.25, 0.3) is 0 Å². The number of ether oxygens (including phenoxy) is 2. The largest absolute Gasteiger partial charge is 0.393 e. The van der Waals surface area contributed by atoms with Crippen molar-refractivity contribution in [2.45, 2.75) is 96.4 Å². The second-order valence-corrected chi connectivity index (χ2v) is 16.3. The van der Waals surface area contributed by atoms with E-state index in [1.807, 2.05) is 61.5 Å². The van der Waals surface area contributed by atoms with Crippen LogP contribution in [0.3, 0.4) is 0 Å². The molecule has 0 bridgehead atoms. The Labute approximate surface area is 304 Å². The topological polar surface area (TPSA) is 165 Å². The number of aliphatic hydroxyl groups is 2. The van der Waals surface area contributed by atoms with Gasteiger partial charge in [-0.25, -0.2) is 0 Å². The number of nitrogens with one attached hydrogen (secondary N) is 1. The third-order valence-corrected chi connectivity index (χ3v) is 13.1. The van der Waals surface area contributed by atoms with Gasteiger partial charge in [0, 0.05) is 40.3 Å². The van der Waals surface area contributed by atoms with E-state index in [1.54, 1.807) is 26.0 Å². The number of hydrogen-bond donors (Lipinski definition) is 4. The van der Waals surface area contributed by atoms with Crippen LogP contribution in [0.4, 0.5) is 5.69 Å². The van der Waals surface area contributed by atoms with E-state index in [0.717, 1.165) is 35.1 Å². The third-order valence-electron chi connectivity index (χ3n) is 13.1. The summed E-state index contributed by atoms with van der Waals surface area (Å²) in [4.78, 5) is 50.8. The molecule has 1 saturated heterocycles. The summed E-state index contributed by atoms with van der Waals surface area (Å²) in [6.45, 7) is 6.80. The van der Waals surface area contributed by atoms with Gasteiger partial charge >= 0.3 is 0 Å². The SMILES string of the molecule is C[C@H](N)C(=O)C[C@@H](C)C(=O)Nc1cccc(Cc2ccc([C@@H]3O[C@@H]4C[C@H]5[C@@H]6CCC7=CC(=O)C=C[C@]7(C)[C@H]6[C@@H](O)C[C@]5(C)[C@]4(C(=O)CO)O3)cc2)c1. The third kappa shape index (κ3) is 5.93. The Balaban J connectivity index is 1.06. The summed E-state index contributed by atoms with van der Waals surface area (Å²) in [6, 6.07) is 14.8. The Morgan fingerprint density at radius 3 is 2.54 bits per heavy atom. The average molecular weight is 711 g/mol. The molecule has 0 radical (unpaired) electrons. The molecule has 11 atom stereocenters. The monoisotopic (exact) mass is 710 g/mol. The average Bonchev–Trinajstić information content (AvgIpc) is 3.61. The highest BCUT2D eigenvalue weighted by molar-refractivity contribution is 6.01. The van der Waals surface area contributed by atoms with Crippen LogP contribution >= 0.6 is 0 Å². The lowest BCUT2D eigenvalue weighted by molar-refractivity contribution is -0.201. The van der Waals surface area contributed by atoms with Gasteiger partial charge in [-0.05, 0) is 86.3 Å². The molecule has 276 valence electrons. The lowest BCUT2D eigenvalue weighted by Crippen LogP contribution is -2.63. The van der Waals surface area contributed by atoms with Crippen molar-refractivity contribution in [1.82, 2.24) is 0 Å². The van der Waals surface area contributed by atoms with E-state index in [1.165, 1.54) is 0 Å². The maximum Gasteiger partial charge on any atom is 0.227 e. The minimum absolute atomic E-state index is 0.0146. The van der Waals surface area contributed by atoms with E-state index in [4.69, 9.17) is 15.2 Å². The smallest absolute Gasteiger partial charge is 0.227 e. The molecular formula is C42H50N2O8. The van der Waals surface area contributed by atoms with Crippen molar-refractivity contribution < 1.29 is 38.9 Å². The van der Waals surface area contributed by atoms with Crippen molar-refractivity contribution in [3.8, 4) is 0 Å². The number of amides is 1. The van der Waals surface area contributed by atoms with E-state index in [-0.39, 0.29) is 41.6 Å². The van der Waals surface area contributed by atoms with Crippen LogP contribution in [0, 0.1) is 34.5 Å². The van der Waals surface area contributed by atoms with Gasteiger partial charge in [-0.1, -0.05) is 68.8 Å². The van der Waals surface area contributed by atoms with Gasteiger partial charge in [0.15, 0.2) is 23.5 Å². The molecule has 0 unspecified atom stereocenters. The van der Waals surface area contributed by atoms with E-state index in [9.17, 15) is 29.4 Å². The second kappa shape index (κ2) is 13.6. The Morgan fingerprint density at radius 2 is 1.83 bits per heavy atom. The van der Waals surface area contributed by atoms with Crippen molar-refractivity contribution in [1.29, 1.82) is 0 Å². The first-order valence-corrected chi connectivity index (χ1v) is 18.6. The van der Waals surface area contributed by atoms with Crippen molar-refractivity contribution in [2.24, 2.45) is 40.2 Å². The number of benzene rings is 2. The number of rotatable bonds is 10. The van der Waals surface area contributed by atoms with Gasteiger partial charge in [-0.2, -0.15) is 0 Å². The molecule has 1 amide bonds. The fraction of sp³-hybridized carbons (Fsp3) is 0.524. The molecule has 7 rings (SSSR count). The fourth-order valence-corrected chi connectivity index (χ4v) is 10.5. The number of carbonyl (C=O) groups is 4. The standard InChI is InChI=1S/C42H50N2O8/c1-23(16-33(47)24(2)43)38(50)44-29-7-5-6-26(18-29)17-25-8-10-27(11-9-25)39-51-36-20-32-31-13-12-28-19-30(46)14-15-40(28,3)37(31)34(48)21-41(32,4)42(36,52-39)35(49)22-45/h5-11,14-15,18-19,23-24,31-32,34,36-37,39,45,48H,12-13,16-17,20-22,43H2,1-4H3,(H,44,50)/t23-,24+,31+,32+,34+,36-,37-,39-,40+,41+,42-/m1/s1. The highest BCUT2D eigenvalue weighted by atomic mass is 16.7. The maximum atomic E-state index is 13.9. The quantitative estimate of drug-likeness (QED) is 0.272. The molecule has 5 N–H and O–H groups in total. The van der Waals surface area contributed by atoms with Crippen LogP contribution in [-0.4, -0.2) is 63.9 Å². The Hall–Kier alpha value is -3.80. The number of carbonyl (C=O) groups excluding carboxylic acids is 4. The highest BCUT2D eigenvalue weighted by Crippen LogP contribution is 2.70. The van der Waals surface area contributed by atoms with Crippen LogP contribution in [-0.2, 0) is 35.1 Å². The summed E-state index contributed by atoms with van der Waals surface area (Å²) >= 11 is 0. The van der Waals surface area contributed by atoms with Gasteiger partial charge in [0.2, 0.25) is 5.91 Å². The number of allylic oxidation sites excluding steroid dienone is 4. The summed E-state index contributed by atoms with van der Waals surface area (Å²) in [5.41, 5.74) is 7.52. The molecule has 10 heteroatoms. The zero-order chi connectivity index (χ0) is 37.2. The number of aliphatic hydroxyl groups excluding tert-OH is 2. The molecule has 52 heavy (non-hydrogen) atoms. The molecule has 1 aliphatic heterocycles. The van der Waals surface area contributed by atoms with E-state index >= 15 is 0 Å². The zero-order valence-electron chi connectivity index (χ0n) is 30.3. The number of hydrogen-bond acceptors (Lipinski definition) is 9. The fourth-order valence-electron chi connectivity index (χ4n) is 10.5. The lowest BCUT2D eigenvalue weighted by atomic mass is 9.46. The molecule has 4 aliphatic carbocycles. The summed E-state index contributed by atoms with van der Waals surface area (Å²) < 4.78 is 13.4. The molecule has 4 fully saturated rings. The van der Waals surface area contributed by atoms with Crippen LogP contribution in [0.2, 0.25) is 0 Å². The van der Waals surface area contributed by atoms with Crippen molar-refractivity contribution in [3.05, 3.63) is 89.0 Å². The van der Waals surface area contributed by atoms with E-state index in [0.29, 0.717) is 24.9 Å². The summed E-state index contributed by atoms with van der Waals surface area (Å²) in [7, 11) is 0. The van der Waals surface area contributed by atoms with Crippen LogP contribution in [0.5, 0.6) is 0 Å². The maximum absolute atomic E-state index is 13.9. The molecule has 2 aromatic carbocycles. The predicted octanol–water partition coefficient (Wildman–Crippen LogP) is 4.76. The number of ketones is 3. The van der Waals surface area contributed by atoms with E-state index < -0.39 is 59.3 Å². The molecule has 5 aliphatic rings. The Kier molecular flexibility index (Phi) is 9.53. The van der Waals surface area contributed by atoms with Crippen LogP contribution in [0.15, 0.2) is 72.3 Å². The molecule has 1 heterocycles. The Morgan fingerprint density at radius 1 is 1.08 bits per heavy atom. The number of anilines is 1. The highest BCUT2D eigenvalue weighted by Gasteiger charge is 2.75. The number of fused-ring (bicyclic) bond motifs is 7. The Bertz CT molecular complexity index is 1830. The first-order valence-electron chi connectivity index (χ1n) is 18.6. The van der Waals surface area contributed by atoms with Crippen molar-refractivity contribution in [3.63, 3.8) is 0 Å².